The first-order valence-corrected chi connectivity index (χ1v) is 13.8. The zero-order valence-electron chi connectivity index (χ0n) is 20.7. The summed E-state index contributed by atoms with van der Waals surface area (Å²) in [5, 5.41) is 0. The molecule has 2 atom stereocenters. The van der Waals surface area contributed by atoms with Crippen molar-refractivity contribution < 1.29 is 19.1 Å². The summed E-state index contributed by atoms with van der Waals surface area (Å²) in [6.07, 6.45) is 2.19. The number of carbonyl (C=O) groups is 3. The molecule has 0 unspecified atom stereocenters. The van der Waals surface area contributed by atoms with Gasteiger partial charge in [0.25, 0.3) is 0 Å². The molecule has 0 N–H and O–H groups in total. The van der Waals surface area contributed by atoms with E-state index in [4.69, 9.17) is 27.9 Å². The Morgan fingerprint density at radius 1 is 0.711 bits per heavy atom. The lowest BCUT2D eigenvalue weighted by molar-refractivity contribution is -0.145. The van der Waals surface area contributed by atoms with E-state index < -0.39 is 21.6 Å². The fourth-order valence-electron chi connectivity index (χ4n) is 6.47. The highest BCUT2D eigenvalue weighted by atomic mass is 35.5. The van der Waals surface area contributed by atoms with Gasteiger partial charge in [0.2, 0.25) is 11.8 Å². The fraction of sp³-hybridized carbons (Fsp3) is 0.323. The molecule has 5 nitrogen and oxygen atoms in total. The Hall–Kier alpha value is -3.15. The van der Waals surface area contributed by atoms with Gasteiger partial charge >= 0.3 is 5.97 Å². The topological polar surface area (TPSA) is 63.7 Å². The van der Waals surface area contributed by atoms with E-state index in [1.54, 1.807) is 0 Å². The molecule has 3 aliphatic carbocycles. The Bertz CT molecular complexity index is 1300. The zero-order valence-corrected chi connectivity index (χ0v) is 22.3. The second-order valence-corrected chi connectivity index (χ2v) is 11.4. The maximum atomic E-state index is 13.8. The third-order valence-electron chi connectivity index (χ3n) is 8.18. The average molecular weight is 548 g/mol. The van der Waals surface area contributed by atoms with E-state index in [0.717, 1.165) is 27.8 Å². The van der Waals surface area contributed by atoms with Crippen LogP contribution in [0.2, 0.25) is 0 Å². The van der Waals surface area contributed by atoms with Crippen molar-refractivity contribution >= 4 is 41.0 Å². The number of rotatable bonds is 8. The molecule has 1 fully saturated rings. The van der Waals surface area contributed by atoms with Gasteiger partial charge in [-0.2, -0.15) is 0 Å². The van der Waals surface area contributed by atoms with Crippen LogP contribution < -0.4 is 0 Å². The first-order valence-electron chi connectivity index (χ1n) is 13.0. The highest BCUT2D eigenvalue weighted by molar-refractivity contribution is 6.36. The maximum absolute atomic E-state index is 13.8. The molecular weight excluding hydrogens is 521 g/mol. The van der Waals surface area contributed by atoms with Crippen LogP contribution in [-0.2, 0) is 35.5 Å². The Morgan fingerprint density at radius 2 is 1.18 bits per heavy atom. The maximum Gasteiger partial charge on any atom is 0.306 e. The van der Waals surface area contributed by atoms with Crippen molar-refractivity contribution in [3.8, 4) is 0 Å². The van der Waals surface area contributed by atoms with E-state index in [-0.39, 0.29) is 30.9 Å². The van der Waals surface area contributed by atoms with Crippen LogP contribution in [0.3, 0.4) is 0 Å². The molecule has 0 radical (unpaired) electrons. The molecule has 0 spiro atoms. The first kappa shape index (κ1) is 25.1. The number of hydrogen-bond donors (Lipinski definition) is 0. The largest absolute Gasteiger partial charge is 0.461 e. The van der Waals surface area contributed by atoms with Crippen molar-refractivity contribution in [1.29, 1.82) is 0 Å². The van der Waals surface area contributed by atoms with Gasteiger partial charge in [-0.05, 0) is 40.7 Å². The van der Waals surface area contributed by atoms with Crippen molar-refractivity contribution in [3.63, 3.8) is 0 Å². The summed E-state index contributed by atoms with van der Waals surface area (Å²) >= 11 is 14.9. The van der Waals surface area contributed by atoms with E-state index in [2.05, 4.69) is 0 Å². The predicted molar refractivity (Wildman–Crippen MR) is 145 cm³/mol. The number of imide groups is 1. The van der Waals surface area contributed by atoms with Gasteiger partial charge in [-0.1, -0.05) is 85.3 Å². The Labute approximate surface area is 231 Å². The normalized spacial score (nSPS) is 26.6. The number of hydrogen-bond acceptors (Lipinski definition) is 4. The van der Waals surface area contributed by atoms with Crippen molar-refractivity contribution in [1.82, 2.24) is 4.90 Å². The summed E-state index contributed by atoms with van der Waals surface area (Å²) in [4.78, 5) is 38.7. The number of ether oxygens (including phenoxy) is 1. The quantitative estimate of drug-likeness (QED) is 0.153. The summed E-state index contributed by atoms with van der Waals surface area (Å²) < 4.78 is 5.33. The van der Waals surface area contributed by atoms with Crippen molar-refractivity contribution in [2.24, 2.45) is 11.8 Å². The number of amides is 2. The molecular formula is C31H27Cl2NO4. The minimum absolute atomic E-state index is 0.254. The number of likely N-dealkylation sites (tertiary alicyclic amines) is 1. The van der Waals surface area contributed by atoms with Gasteiger partial charge in [0.15, 0.2) is 0 Å². The van der Waals surface area contributed by atoms with E-state index in [1.807, 2.05) is 78.9 Å². The summed E-state index contributed by atoms with van der Waals surface area (Å²) in [6.45, 7) is 0.528. The summed E-state index contributed by atoms with van der Waals surface area (Å²) in [5.74, 6) is -2.34. The molecule has 0 aromatic heterocycles. The minimum Gasteiger partial charge on any atom is -0.461 e. The van der Waals surface area contributed by atoms with Gasteiger partial charge in [-0.15, -0.1) is 23.2 Å². The molecule has 2 amide bonds. The van der Waals surface area contributed by atoms with Crippen molar-refractivity contribution in [2.45, 2.75) is 42.0 Å². The monoisotopic (exact) mass is 547 g/mol. The smallest absolute Gasteiger partial charge is 0.306 e. The molecule has 2 bridgehead atoms. The summed E-state index contributed by atoms with van der Waals surface area (Å²) in [7, 11) is 0. The van der Waals surface area contributed by atoms with E-state index in [0.29, 0.717) is 25.7 Å². The lowest BCUT2D eigenvalue weighted by atomic mass is 9.54. The molecule has 0 saturated carbocycles. The molecule has 1 aliphatic heterocycles. The Morgan fingerprint density at radius 3 is 1.68 bits per heavy atom. The van der Waals surface area contributed by atoms with Crippen molar-refractivity contribution in [2.75, 3.05) is 6.54 Å². The fourth-order valence-corrected chi connectivity index (χ4v) is 7.57. The summed E-state index contributed by atoms with van der Waals surface area (Å²) in [6, 6.07) is 24.8. The van der Waals surface area contributed by atoms with Crippen LogP contribution in [0, 0.1) is 11.8 Å². The van der Waals surface area contributed by atoms with Crippen LogP contribution >= 0.6 is 23.2 Å². The third kappa shape index (κ3) is 3.63. The van der Waals surface area contributed by atoms with Gasteiger partial charge in [0.1, 0.15) is 16.4 Å². The molecule has 4 aliphatic rings. The van der Waals surface area contributed by atoms with Crippen LogP contribution in [0.4, 0.5) is 0 Å². The minimum atomic E-state index is -1.15. The average Bonchev–Trinajstić information content (AvgIpc) is 3.21. The number of nitrogens with zero attached hydrogens (tertiary/aromatic N) is 1. The molecule has 1 heterocycles. The molecule has 3 aromatic carbocycles. The lowest BCUT2D eigenvalue weighted by Gasteiger charge is -2.54. The summed E-state index contributed by atoms with van der Waals surface area (Å²) in [5.41, 5.74) is 4.14. The number of carbonyl (C=O) groups excluding carboxylic acids is 3. The van der Waals surface area contributed by atoms with Gasteiger partial charge in [-0.25, -0.2) is 0 Å². The zero-order chi connectivity index (χ0) is 26.5. The highest BCUT2D eigenvalue weighted by Crippen LogP contribution is 2.69. The van der Waals surface area contributed by atoms with Gasteiger partial charge in [0.05, 0.1) is 11.8 Å². The van der Waals surface area contributed by atoms with Crippen molar-refractivity contribution in [3.05, 3.63) is 107 Å². The molecule has 3 aromatic rings. The van der Waals surface area contributed by atoms with Gasteiger partial charge < -0.3 is 4.74 Å². The van der Waals surface area contributed by atoms with Crippen LogP contribution in [-0.4, -0.2) is 29.2 Å². The Kier molecular flexibility index (Phi) is 6.32. The second kappa shape index (κ2) is 9.55. The van der Waals surface area contributed by atoms with Gasteiger partial charge in [0, 0.05) is 13.0 Å². The molecule has 38 heavy (non-hydrogen) atoms. The number of esters is 1. The predicted octanol–water partition coefficient (Wildman–Crippen LogP) is 5.88. The lowest BCUT2D eigenvalue weighted by Crippen LogP contribution is -2.57. The van der Waals surface area contributed by atoms with Crippen LogP contribution in [0.25, 0.3) is 0 Å². The second-order valence-electron chi connectivity index (χ2n) is 10.3. The molecule has 7 rings (SSSR count). The molecule has 194 valence electrons. The van der Waals surface area contributed by atoms with Crippen LogP contribution in [0.5, 0.6) is 0 Å². The Balaban J connectivity index is 1.14. The first-order chi connectivity index (χ1) is 18.4. The number of alkyl halides is 2. The van der Waals surface area contributed by atoms with Crippen LogP contribution in [0.1, 0.15) is 53.5 Å². The molecule has 7 heteroatoms. The number of benzene rings is 3. The highest BCUT2D eigenvalue weighted by Gasteiger charge is 2.72. The molecule has 1 saturated heterocycles. The van der Waals surface area contributed by atoms with Gasteiger partial charge in [-0.3, -0.25) is 19.3 Å². The number of halogens is 2. The standard InChI is InChI=1S/C31H27Cl2NO4/c32-30-21-13-6-7-14-22(21)31(33,24-16-9-8-15-23(24)30)27-26(30)28(36)34(29(27)37)18-10-2-5-17-25(35)38-19-20-11-3-1-4-12-20/h1,3-4,6-9,11-16,26-27H,2,5,10,17-19H2/t26-,27+,30?,31?. The number of unbranched alkanes of at least 4 members (excludes halogenated alkanes) is 2. The van der Waals surface area contributed by atoms with Crippen LogP contribution in [0.15, 0.2) is 78.9 Å². The van der Waals surface area contributed by atoms with E-state index >= 15 is 0 Å². The van der Waals surface area contributed by atoms with E-state index in [1.165, 1.54) is 4.90 Å². The third-order valence-corrected chi connectivity index (χ3v) is 9.47. The SMILES string of the molecule is O=C(CCCCCN1C(=O)[C@@H]2[C@H](C1=O)C1(Cl)c3ccccc3C2(Cl)c2ccccc21)OCc1ccccc1. The van der Waals surface area contributed by atoms with E-state index in [9.17, 15) is 14.4 Å².